The van der Waals surface area contributed by atoms with E-state index in [0.717, 1.165) is 25.7 Å². The molecule has 0 spiro atoms. The fourth-order valence-corrected chi connectivity index (χ4v) is 2.89. The molecule has 2 atom stereocenters. The average molecular weight is 279 g/mol. The molecule has 1 saturated carbocycles. The van der Waals surface area contributed by atoms with E-state index in [0.29, 0.717) is 17.3 Å². The number of hydrogen-bond acceptors (Lipinski definition) is 4. The van der Waals surface area contributed by atoms with Crippen LogP contribution in [0.1, 0.15) is 44.0 Å². The highest BCUT2D eigenvalue weighted by molar-refractivity contribution is 7.15. The normalized spacial score (nSPS) is 25.8. The molecule has 102 valence electrons. The zero-order chi connectivity index (χ0) is 13.2. The molecule has 1 heterocycles. The first kappa shape index (κ1) is 13.6. The minimum Gasteiger partial charge on any atom is -0.357 e. The molecule has 3 nitrogen and oxygen atoms in total. The number of rotatable bonds is 2. The molecule has 18 heavy (non-hydrogen) atoms. The summed E-state index contributed by atoms with van der Waals surface area (Å²) < 4.78 is 37.1. The summed E-state index contributed by atoms with van der Waals surface area (Å²) in [5, 5.41) is 9.21. The van der Waals surface area contributed by atoms with Gasteiger partial charge in [0.2, 0.25) is 10.1 Å². The molecule has 0 saturated heterocycles. The highest BCUT2D eigenvalue weighted by atomic mass is 32.1. The molecule has 1 fully saturated rings. The Morgan fingerprint density at radius 1 is 1.17 bits per heavy atom. The van der Waals surface area contributed by atoms with Crippen LogP contribution >= 0.6 is 11.3 Å². The molecule has 1 aromatic rings. The maximum Gasteiger partial charge on any atom is 0.445 e. The lowest BCUT2D eigenvalue weighted by Gasteiger charge is -2.14. The lowest BCUT2D eigenvalue weighted by molar-refractivity contribution is -0.138. The third kappa shape index (κ3) is 3.57. The number of anilines is 1. The Bertz CT molecular complexity index is 391. The molecule has 0 bridgehead atoms. The van der Waals surface area contributed by atoms with Crippen LogP contribution in [0.2, 0.25) is 0 Å². The first-order valence-corrected chi connectivity index (χ1v) is 6.94. The summed E-state index contributed by atoms with van der Waals surface area (Å²) in [5.74, 6) is 0.706. The molecule has 1 aromatic heterocycles. The van der Waals surface area contributed by atoms with Crippen molar-refractivity contribution >= 4 is 16.5 Å². The van der Waals surface area contributed by atoms with Crippen LogP contribution in [0, 0.1) is 5.92 Å². The van der Waals surface area contributed by atoms with Crippen molar-refractivity contribution < 1.29 is 13.2 Å². The van der Waals surface area contributed by atoms with E-state index >= 15 is 0 Å². The Balaban J connectivity index is 1.95. The van der Waals surface area contributed by atoms with Crippen molar-refractivity contribution in [2.75, 3.05) is 5.32 Å². The maximum atomic E-state index is 12.4. The minimum atomic E-state index is -4.39. The Morgan fingerprint density at radius 2 is 1.94 bits per heavy atom. The smallest absolute Gasteiger partial charge is 0.357 e. The molecule has 1 aliphatic rings. The lowest BCUT2D eigenvalue weighted by Crippen LogP contribution is -2.18. The molecular formula is C11H16F3N3S. The first-order valence-electron chi connectivity index (χ1n) is 6.12. The molecule has 0 aliphatic heterocycles. The van der Waals surface area contributed by atoms with E-state index in [2.05, 4.69) is 22.4 Å². The van der Waals surface area contributed by atoms with E-state index < -0.39 is 11.2 Å². The summed E-state index contributed by atoms with van der Waals surface area (Å²) in [6.07, 6.45) is 1.01. The van der Waals surface area contributed by atoms with Gasteiger partial charge in [-0.05, 0) is 25.2 Å². The molecule has 0 aromatic carbocycles. The van der Waals surface area contributed by atoms with E-state index in [1.807, 2.05) is 0 Å². The van der Waals surface area contributed by atoms with Gasteiger partial charge in [-0.15, -0.1) is 10.2 Å². The Morgan fingerprint density at radius 3 is 2.61 bits per heavy atom. The number of nitrogens with one attached hydrogen (secondary N) is 1. The fraction of sp³-hybridized carbons (Fsp3) is 0.818. The second-order valence-corrected chi connectivity index (χ2v) is 5.84. The highest BCUT2D eigenvalue weighted by Gasteiger charge is 2.35. The van der Waals surface area contributed by atoms with Crippen LogP contribution in [0.25, 0.3) is 0 Å². The molecule has 2 unspecified atom stereocenters. The van der Waals surface area contributed by atoms with Gasteiger partial charge < -0.3 is 5.32 Å². The summed E-state index contributed by atoms with van der Waals surface area (Å²) in [4.78, 5) is 0. The summed E-state index contributed by atoms with van der Waals surface area (Å²) in [6.45, 7) is 2.22. The van der Waals surface area contributed by atoms with E-state index in [-0.39, 0.29) is 11.2 Å². The van der Waals surface area contributed by atoms with Gasteiger partial charge in [0.1, 0.15) is 0 Å². The number of aromatic nitrogens is 2. The Kier molecular flexibility index (Phi) is 4.09. The second-order valence-electron chi connectivity index (χ2n) is 4.86. The van der Waals surface area contributed by atoms with E-state index in [1.54, 1.807) is 0 Å². The summed E-state index contributed by atoms with van der Waals surface area (Å²) in [5.41, 5.74) is 0. The molecule has 7 heteroatoms. The van der Waals surface area contributed by atoms with Gasteiger partial charge in [0.25, 0.3) is 0 Å². The van der Waals surface area contributed by atoms with Gasteiger partial charge in [-0.25, -0.2) is 0 Å². The van der Waals surface area contributed by atoms with Crippen molar-refractivity contribution in [1.82, 2.24) is 10.2 Å². The number of halogens is 3. The standard InChI is InChI=1S/C11H16F3N3S/c1-7-3-2-4-8(6-5-7)15-10-17-16-9(18-10)11(12,13)14/h7-8H,2-6H2,1H3,(H,15,17). The van der Waals surface area contributed by atoms with Gasteiger partial charge in [-0.1, -0.05) is 31.1 Å². The van der Waals surface area contributed by atoms with Crippen LogP contribution in [0.15, 0.2) is 0 Å². The zero-order valence-corrected chi connectivity index (χ0v) is 10.9. The van der Waals surface area contributed by atoms with Crippen molar-refractivity contribution in [3.8, 4) is 0 Å². The first-order chi connectivity index (χ1) is 8.45. The van der Waals surface area contributed by atoms with Crippen LogP contribution in [0.4, 0.5) is 18.3 Å². The maximum absolute atomic E-state index is 12.4. The molecule has 0 radical (unpaired) electrons. The molecule has 1 N–H and O–H groups in total. The van der Waals surface area contributed by atoms with Gasteiger partial charge in [-0.2, -0.15) is 13.2 Å². The van der Waals surface area contributed by atoms with E-state index in [1.165, 1.54) is 6.42 Å². The summed E-state index contributed by atoms with van der Waals surface area (Å²) >= 11 is 0.583. The lowest BCUT2D eigenvalue weighted by atomic mass is 10.0. The molecular weight excluding hydrogens is 263 g/mol. The third-order valence-electron chi connectivity index (χ3n) is 3.25. The average Bonchev–Trinajstić information content (AvgIpc) is 2.65. The van der Waals surface area contributed by atoms with Crippen molar-refractivity contribution in [1.29, 1.82) is 0 Å². The van der Waals surface area contributed by atoms with Crippen molar-refractivity contribution in [3.05, 3.63) is 5.01 Å². The zero-order valence-electron chi connectivity index (χ0n) is 10.1. The predicted octanol–water partition coefficient (Wildman–Crippen LogP) is 3.94. The topological polar surface area (TPSA) is 37.8 Å². The number of hydrogen-bond donors (Lipinski definition) is 1. The van der Waals surface area contributed by atoms with E-state index in [4.69, 9.17) is 0 Å². The minimum absolute atomic E-state index is 0.226. The van der Waals surface area contributed by atoms with Gasteiger partial charge in [-0.3, -0.25) is 0 Å². The molecule has 0 amide bonds. The second kappa shape index (κ2) is 5.42. The van der Waals surface area contributed by atoms with Crippen LogP contribution in [0.3, 0.4) is 0 Å². The van der Waals surface area contributed by atoms with Crippen molar-refractivity contribution in [3.63, 3.8) is 0 Å². The molecule has 1 aliphatic carbocycles. The number of nitrogens with zero attached hydrogens (tertiary/aromatic N) is 2. The Hall–Kier alpha value is -0.850. The van der Waals surface area contributed by atoms with Gasteiger partial charge in [0, 0.05) is 6.04 Å². The van der Waals surface area contributed by atoms with Gasteiger partial charge in [0.15, 0.2) is 0 Å². The summed E-state index contributed by atoms with van der Waals surface area (Å²) in [6, 6.07) is 0.226. The monoisotopic (exact) mass is 279 g/mol. The van der Waals surface area contributed by atoms with Crippen LogP contribution < -0.4 is 5.32 Å². The van der Waals surface area contributed by atoms with Crippen LogP contribution in [-0.2, 0) is 6.18 Å². The van der Waals surface area contributed by atoms with Crippen LogP contribution in [-0.4, -0.2) is 16.2 Å². The SMILES string of the molecule is CC1CCCC(Nc2nnc(C(F)(F)F)s2)CC1. The largest absolute Gasteiger partial charge is 0.445 e. The van der Waals surface area contributed by atoms with Crippen molar-refractivity contribution in [2.45, 2.75) is 51.2 Å². The predicted molar refractivity (Wildman–Crippen MR) is 64.6 cm³/mol. The van der Waals surface area contributed by atoms with Gasteiger partial charge in [0.05, 0.1) is 0 Å². The Labute approximate surface area is 108 Å². The third-order valence-corrected chi connectivity index (χ3v) is 4.15. The fourth-order valence-electron chi connectivity index (χ4n) is 2.20. The van der Waals surface area contributed by atoms with E-state index in [9.17, 15) is 13.2 Å². The highest BCUT2D eigenvalue weighted by Crippen LogP contribution is 2.34. The number of alkyl halides is 3. The molecule has 2 rings (SSSR count). The van der Waals surface area contributed by atoms with Crippen LogP contribution in [0.5, 0.6) is 0 Å². The quantitative estimate of drug-likeness (QED) is 0.833. The van der Waals surface area contributed by atoms with Crippen molar-refractivity contribution in [2.24, 2.45) is 5.92 Å². The van der Waals surface area contributed by atoms with Gasteiger partial charge >= 0.3 is 6.18 Å². The summed E-state index contributed by atoms with van der Waals surface area (Å²) in [7, 11) is 0.